The first kappa shape index (κ1) is 17.0. The van der Waals surface area contributed by atoms with Crippen molar-refractivity contribution < 1.29 is 14.7 Å². The van der Waals surface area contributed by atoms with Gasteiger partial charge in [0.15, 0.2) is 0 Å². The summed E-state index contributed by atoms with van der Waals surface area (Å²) in [5, 5.41) is 12.4. The number of carbonyl (C=O) groups excluding carboxylic acids is 1. The van der Waals surface area contributed by atoms with Gasteiger partial charge in [0.05, 0.1) is 0 Å². The van der Waals surface area contributed by atoms with Gasteiger partial charge in [0.2, 0.25) is 5.91 Å². The molecular formula is C15H28N2O3. The van der Waals surface area contributed by atoms with Crippen LogP contribution < -0.4 is 5.32 Å². The first-order chi connectivity index (χ1) is 9.29. The fourth-order valence-electron chi connectivity index (χ4n) is 2.69. The third-order valence-electron chi connectivity index (χ3n) is 3.62. The van der Waals surface area contributed by atoms with Crippen molar-refractivity contribution >= 4 is 11.9 Å². The van der Waals surface area contributed by atoms with Crippen molar-refractivity contribution in [2.24, 2.45) is 17.8 Å². The van der Waals surface area contributed by atoms with E-state index in [4.69, 9.17) is 5.11 Å². The van der Waals surface area contributed by atoms with Crippen LogP contribution in [0.15, 0.2) is 0 Å². The number of hydrogen-bond acceptors (Lipinski definition) is 3. The molecule has 1 saturated heterocycles. The molecule has 1 aliphatic rings. The van der Waals surface area contributed by atoms with Gasteiger partial charge in [-0.3, -0.25) is 9.59 Å². The molecule has 0 saturated carbocycles. The monoisotopic (exact) mass is 284 g/mol. The molecule has 1 rings (SSSR count). The first-order valence-electron chi connectivity index (χ1n) is 7.53. The van der Waals surface area contributed by atoms with E-state index in [-0.39, 0.29) is 30.2 Å². The van der Waals surface area contributed by atoms with Gasteiger partial charge in [-0.1, -0.05) is 27.7 Å². The van der Waals surface area contributed by atoms with Gasteiger partial charge in [-0.2, -0.15) is 0 Å². The Morgan fingerprint density at radius 1 is 1.25 bits per heavy atom. The van der Waals surface area contributed by atoms with Crippen LogP contribution >= 0.6 is 0 Å². The Bertz CT molecular complexity index is 342. The zero-order valence-electron chi connectivity index (χ0n) is 13.1. The highest BCUT2D eigenvalue weighted by Crippen LogP contribution is 2.22. The molecule has 1 heterocycles. The van der Waals surface area contributed by atoms with Gasteiger partial charge in [-0.05, 0) is 24.8 Å². The molecule has 0 aromatic carbocycles. The van der Waals surface area contributed by atoms with Crippen molar-refractivity contribution in [2.45, 2.75) is 46.6 Å². The molecule has 1 aliphatic heterocycles. The maximum absolute atomic E-state index is 12.2. The summed E-state index contributed by atoms with van der Waals surface area (Å²) in [6, 6.07) is 0.207. The molecule has 2 unspecified atom stereocenters. The molecule has 2 N–H and O–H groups in total. The lowest BCUT2D eigenvalue weighted by Crippen LogP contribution is -2.53. The van der Waals surface area contributed by atoms with E-state index in [1.54, 1.807) is 0 Å². The van der Waals surface area contributed by atoms with Crippen LogP contribution in [0, 0.1) is 17.8 Å². The van der Waals surface area contributed by atoms with Crippen LogP contribution in [0.25, 0.3) is 0 Å². The van der Waals surface area contributed by atoms with Crippen molar-refractivity contribution in [1.82, 2.24) is 10.2 Å². The second-order valence-electron chi connectivity index (χ2n) is 6.60. The summed E-state index contributed by atoms with van der Waals surface area (Å²) in [6.45, 7) is 10.2. The first-order valence-corrected chi connectivity index (χ1v) is 7.53. The number of amides is 1. The van der Waals surface area contributed by atoms with Gasteiger partial charge < -0.3 is 15.3 Å². The van der Waals surface area contributed by atoms with Gasteiger partial charge in [-0.15, -0.1) is 0 Å². The van der Waals surface area contributed by atoms with E-state index in [1.807, 2.05) is 18.7 Å². The smallest absolute Gasteiger partial charge is 0.303 e. The summed E-state index contributed by atoms with van der Waals surface area (Å²) < 4.78 is 0. The Morgan fingerprint density at radius 2 is 1.90 bits per heavy atom. The average molecular weight is 284 g/mol. The maximum atomic E-state index is 12.2. The third-order valence-corrected chi connectivity index (χ3v) is 3.62. The van der Waals surface area contributed by atoms with Gasteiger partial charge >= 0.3 is 5.97 Å². The summed E-state index contributed by atoms with van der Waals surface area (Å²) in [4.78, 5) is 24.9. The third kappa shape index (κ3) is 5.49. The van der Waals surface area contributed by atoms with Crippen LogP contribution in [-0.2, 0) is 9.59 Å². The number of likely N-dealkylation sites (tertiary alicyclic amines) is 1. The summed E-state index contributed by atoms with van der Waals surface area (Å²) in [6.07, 6.45) is 0.975. The van der Waals surface area contributed by atoms with Crippen LogP contribution in [-0.4, -0.2) is 47.6 Å². The molecule has 0 bridgehead atoms. The minimum absolute atomic E-state index is 0.0377. The number of rotatable bonds is 6. The molecule has 0 aromatic rings. The molecule has 2 atom stereocenters. The topological polar surface area (TPSA) is 69.6 Å². The fourth-order valence-corrected chi connectivity index (χ4v) is 2.69. The Hall–Kier alpha value is -1.10. The zero-order valence-corrected chi connectivity index (χ0v) is 13.1. The Kier molecular flexibility index (Phi) is 6.46. The zero-order chi connectivity index (χ0) is 15.3. The predicted octanol–water partition coefficient (Wildman–Crippen LogP) is 1.58. The van der Waals surface area contributed by atoms with E-state index in [0.29, 0.717) is 19.0 Å². The lowest BCUT2D eigenvalue weighted by molar-refractivity contribution is -0.142. The Morgan fingerprint density at radius 3 is 2.40 bits per heavy atom. The highest BCUT2D eigenvalue weighted by Gasteiger charge is 2.31. The van der Waals surface area contributed by atoms with Crippen LogP contribution in [0.4, 0.5) is 0 Å². The number of carbonyl (C=O) groups is 2. The van der Waals surface area contributed by atoms with E-state index in [9.17, 15) is 9.59 Å². The lowest BCUT2D eigenvalue weighted by Gasteiger charge is -2.39. The highest BCUT2D eigenvalue weighted by molar-refractivity contribution is 5.78. The molecule has 5 nitrogen and oxygen atoms in total. The largest absolute Gasteiger partial charge is 0.481 e. The van der Waals surface area contributed by atoms with E-state index in [1.165, 1.54) is 0 Å². The molecule has 0 spiro atoms. The van der Waals surface area contributed by atoms with Gasteiger partial charge in [0, 0.05) is 31.5 Å². The standard InChI is InChI=1S/C15H28N2O3/c1-10(2)7-16-13-5-12(6-14(18)19)8-17(9-13)15(20)11(3)4/h10-13,16H,5-9H2,1-4H3,(H,18,19). The minimum Gasteiger partial charge on any atom is -0.481 e. The molecule has 5 heteroatoms. The van der Waals surface area contributed by atoms with Crippen LogP contribution in [0.3, 0.4) is 0 Å². The summed E-state index contributed by atoms with van der Waals surface area (Å²) in [5.41, 5.74) is 0. The lowest BCUT2D eigenvalue weighted by atomic mass is 9.90. The van der Waals surface area contributed by atoms with E-state index in [2.05, 4.69) is 19.2 Å². The number of hydrogen-bond donors (Lipinski definition) is 2. The van der Waals surface area contributed by atoms with Crippen molar-refractivity contribution in [1.29, 1.82) is 0 Å². The number of carboxylic acid groups (broad SMARTS) is 1. The number of nitrogens with one attached hydrogen (secondary N) is 1. The maximum Gasteiger partial charge on any atom is 0.303 e. The van der Waals surface area contributed by atoms with Gasteiger partial charge in [0.1, 0.15) is 0 Å². The SMILES string of the molecule is CC(C)CNC1CC(CC(=O)O)CN(C(=O)C(C)C)C1. The predicted molar refractivity (Wildman–Crippen MR) is 78.4 cm³/mol. The molecule has 0 radical (unpaired) electrons. The van der Waals surface area contributed by atoms with Crippen molar-refractivity contribution in [3.63, 3.8) is 0 Å². The van der Waals surface area contributed by atoms with Gasteiger partial charge in [-0.25, -0.2) is 0 Å². The summed E-state index contributed by atoms with van der Waals surface area (Å²) >= 11 is 0. The molecule has 0 aliphatic carbocycles. The number of carboxylic acids is 1. The number of nitrogens with zero attached hydrogens (tertiary/aromatic N) is 1. The van der Waals surface area contributed by atoms with Crippen molar-refractivity contribution in [3.05, 3.63) is 0 Å². The van der Waals surface area contributed by atoms with Crippen LogP contribution in [0.1, 0.15) is 40.5 Å². The highest BCUT2D eigenvalue weighted by atomic mass is 16.4. The Labute approximate surface area is 121 Å². The minimum atomic E-state index is -0.781. The van der Waals surface area contributed by atoms with Crippen LogP contribution in [0.5, 0.6) is 0 Å². The second-order valence-corrected chi connectivity index (χ2v) is 6.60. The van der Waals surface area contributed by atoms with Crippen molar-refractivity contribution in [2.75, 3.05) is 19.6 Å². The summed E-state index contributed by atoms with van der Waals surface area (Å²) in [7, 11) is 0. The van der Waals surface area contributed by atoms with Crippen LogP contribution in [0.2, 0.25) is 0 Å². The molecular weight excluding hydrogens is 256 g/mol. The normalized spacial score (nSPS) is 23.4. The quantitative estimate of drug-likeness (QED) is 0.777. The molecule has 20 heavy (non-hydrogen) atoms. The molecule has 1 fully saturated rings. The Balaban J connectivity index is 2.66. The molecule has 116 valence electrons. The number of piperidine rings is 1. The molecule has 0 aromatic heterocycles. The summed E-state index contributed by atoms with van der Waals surface area (Å²) in [5.74, 6) is -0.102. The van der Waals surface area contributed by atoms with Crippen molar-refractivity contribution in [3.8, 4) is 0 Å². The fraction of sp³-hybridized carbons (Fsp3) is 0.867. The van der Waals surface area contributed by atoms with Gasteiger partial charge in [0.25, 0.3) is 0 Å². The number of aliphatic carboxylic acids is 1. The van der Waals surface area contributed by atoms with E-state index >= 15 is 0 Å². The second kappa shape index (κ2) is 7.62. The average Bonchev–Trinajstić information content (AvgIpc) is 2.34. The molecule has 1 amide bonds. The van der Waals surface area contributed by atoms with E-state index < -0.39 is 5.97 Å². The van der Waals surface area contributed by atoms with E-state index in [0.717, 1.165) is 13.0 Å².